The van der Waals surface area contributed by atoms with Crippen molar-refractivity contribution in [2.75, 3.05) is 32.8 Å². The molecule has 1 aromatic rings. The first-order valence-electron chi connectivity index (χ1n) is 8.87. The van der Waals surface area contributed by atoms with Gasteiger partial charge < -0.3 is 10.1 Å². The summed E-state index contributed by atoms with van der Waals surface area (Å²) < 4.78 is 32.7. The Morgan fingerprint density at radius 2 is 1.80 bits per heavy atom. The molecule has 0 saturated carbocycles. The van der Waals surface area contributed by atoms with Crippen molar-refractivity contribution in [2.24, 2.45) is 11.8 Å². The summed E-state index contributed by atoms with van der Waals surface area (Å²) in [6.45, 7) is 10.0. The van der Waals surface area contributed by atoms with Crippen LogP contribution in [0.3, 0.4) is 0 Å². The van der Waals surface area contributed by atoms with Crippen LogP contribution in [0.15, 0.2) is 29.2 Å². The van der Waals surface area contributed by atoms with E-state index in [2.05, 4.69) is 26.1 Å². The smallest absolute Gasteiger partial charge is 0.243 e. The van der Waals surface area contributed by atoms with Gasteiger partial charge >= 0.3 is 0 Å². The molecule has 0 amide bonds. The highest BCUT2D eigenvalue weighted by atomic mass is 35.5. The summed E-state index contributed by atoms with van der Waals surface area (Å²) in [6.07, 6.45) is 1.84. The summed E-state index contributed by atoms with van der Waals surface area (Å²) in [7, 11) is -3.40. The minimum atomic E-state index is -3.40. The Kier molecular flexibility index (Phi) is 9.21. The van der Waals surface area contributed by atoms with Crippen LogP contribution in [0.4, 0.5) is 0 Å². The molecule has 1 N–H and O–H groups in total. The van der Waals surface area contributed by atoms with Crippen LogP contribution in [0.2, 0.25) is 0 Å². The fourth-order valence-electron chi connectivity index (χ4n) is 2.82. The monoisotopic (exact) mass is 390 g/mol. The lowest BCUT2D eigenvalue weighted by atomic mass is 9.98. The zero-order valence-corrected chi connectivity index (χ0v) is 17.0. The number of halogens is 1. The molecule has 0 aromatic heterocycles. The topological polar surface area (TPSA) is 58.6 Å². The standard InChI is InChI=1S/C18H30N2O3S.ClH/c1-4-19-13-16-9-11-20(12-10-16)24(21,22)18-7-5-17(6-8-18)23-14-15(2)3;/h5-8,15-16,19H,4,9-14H2,1-3H3;1H. The Balaban J connectivity index is 0.00000312. The maximum Gasteiger partial charge on any atom is 0.243 e. The van der Waals surface area contributed by atoms with Gasteiger partial charge in [-0.3, -0.25) is 0 Å². The van der Waals surface area contributed by atoms with Crippen molar-refractivity contribution >= 4 is 22.4 Å². The predicted molar refractivity (Wildman–Crippen MR) is 104 cm³/mol. The average Bonchev–Trinajstić information content (AvgIpc) is 2.59. The first-order valence-corrected chi connectivity index (χ1v) is 10.3. The van der Waals surface area contributed by atoms with E-state index in [0.717, 1.165) is 25.9 Å². The fourth-order valence-corrected chi connectivity index (χ4v) is 4.29. The highest BCUT2D eigenvalue weighted by Crippen LogP contribution is 2.25. The van der Waals surface area contributed by atoms with Crippen LogP contribution < -0.4 is 10.1 Å². The van der Waals surface area contributed by atoms with E-state index in [1.807, 2.05) is 0 Å². The van der Waals surface area contributed by atoms with Gasteiger partial charge in [0.05, 0.1) is 11.5 Å². The van der Waals surface area contributed by atoms with Crippen LogP contribution in [0, 0.1) is 11.8 Å². The third-order valence-electron chi connectivity index (χ3n) is 4.30. The molecule has 0 unspecified atom stereocenters. The quantitative estimate of drug-likeness (QED) is 0.740. The Labute approximate surface area is 158 Å². The zero-order valence-electron chi connectivity index (χ0n) is 15.4. The lowest BCUT2D eigenvalue weighted by Gasteiger charge is -2.31. The molecule has 25 heavy (non-hydrogen) atoms. The first kappa shape index (κ1) is 22.2. The number of rotatable bonds is 8. The van der Waals surface area contributed by atoms with Crippen molar-refractivity contribution in [3.8, 4) is 5.75 Å². The van der Waals surface area contributed by atoms with Crippen LogP contribution >= 0.6 is 12.4 Å². The Morgan fingerprint density at radius 3 is 2.32 bits per heavy atom. The van der Waals surface area contributed by atoms with Gasteiger partial charge in [-0.05, 0) is 62.0 Å². The minimum Gasteiger partial charge on any atom is -0.493 e. The SMILES string of the molecule is CCNCC1CCN(S(=O)(=O)c2ccc(OCC(C)C)cc2)CC1.Cl. The lowest BCUT2D eigenvalue weighted by molar-refractivity contribution is 0.268. The molecule has 0 radical (unpaired) electrons. The second kappa shape index (κ2) is 10.4. The van der Waals surface area contributed by atoms with Crippen LogP contribution in [0.5, 0.6) is 5.75 Å². The van der Waals surface area contributed by atoms with Gasteiger partial charge in [0.25, 0.3) is 0 Å². The van der Waals surface area contributed by atoms with E-state index in [-0.39, 0.29) is 12.4 Å². The Morgan fingerprint density at radius 1 is 1.20 bits per heavy atom. The molecule has 2 rings (SSSR count). The van der Waals surface area contributed by atoms with E-state index >= 15 is 0 Å². The maximum absolute atomic E-state index is 12.8. The van der Waals surface area contributed by atoms with Crippen LogP contribution in [0.25, 0.3) is 0 Å². The minimum absolute atomic E-state index is 0. The summed E-state index contributed by atoms with van der Waals surface area (Å²) >= 11 is 0. The highest BCUT2D eigenvalue weighted by Gasteiger charge is 2.29. The van der Waals surface area contributed by atoms with Gasteiger partial charge in [-0.1, -0.05) is 20.8 Å². The summed E-state index contributed by atoms with van der Waals surface area (Å²) in [5.41, 5.74) is 0. The van der Waals surface area contributed by atoms with Crippen LogP contribution in [-0.2, 0) is 10.0 Å². The van der Waals surface area contributed by atoms with Gasteiger partial charge in [-0.25, -0.2) is 8.42 Å². The van der Waals surface area contributed by atoms with E-state index in [1.54, 1.807) is 28.6 Å². The lowest BCUT2D eigenvalue weighted by Crippen LogP contribution is -2.40. The number of hydrogen-bond acceptors (Lipinski definition) is 4. The summed E-state index contributed by atoms with van der Waals surface area (Å²) in [5, 5.41) is 3.35. The molecular weight excluding hydrogens is 360 g/mol. The number of ether oxygens (including phenoxy) is 1. The fraction of sp³-hybridized carbons (Fsp3) is 0.667. The van der Waals surface area contributed by atoms with Gasteiger partial charge in [-0.15, -0.1) is 12.4 Å². The van der Waals surface area contributed by atoms with E-state index in [1.165, 1.54) is 0 Å². The van der Waals surface area contributed by atoms with Gasteiger partial charge in [-0.2, -0.15) is 4.31 Å². The van der Waals surface area contributed by atoms with Gasteiger partial charge in [0.2, 0.25) is 10.0 Å². The van der Waals surface area contributed by atoms with E-state index in [0.29, 0.717) is 42.2 Å². The maximum atomic E-state index is 12.8. The summed E-state index contributed by atoms with van der Waals surface area (Å²) in [4.78, 5) is 0.351. The molecule has 7 heteroatoms. The first-order chi connectivity index (χ1) is 11.4. The molecule has 1 aromatic carbocycles. The van der Waals surface area contributed by atoms with E-state index in [4.69, 9.17) is 4.74 Å². The molecule has 144 valence electrons. The molecular formula is C18H31ClN2O3S. The highest BCUT2D eigenvalue weighted by molar-refractivity contribution is 7.89. The number of nitrogens with one attached hydrogen (secondary N) is 1. The summed E-state index contributed by atoms with van der Waals surface area (Å²) in [5.74, 6) is 1.73. The van der Waals surface area contributed by atoms with Gasteiger partial charge in [0, 0.05) is 13.1 Å². The van der Waals surface area contributed by atoms with Crippen molar-refractivity contribution in [3.63, 3.8) is 0 Å². The van der Waals surface area contributed by atoms with E-state index in [9.17, 15) is 8.42 Å². The zero-order chi connectivity index (χ0) is 17.6. The molecule has 1 fully saturated rings. The molecule has 0 aliphatic carbocycles. The van der Waals surface area contributed by atoms with Crippen molar-refractivity contribution in [3.05, 3.63) is 24.3 Å². The molecule has 0 atom stereocenters. The Hall–Kier alpha value is -0.820. The van der Waals surface area contributed by atoms with Crippen LogP contribution in [-0.4, -0.2) is 45.5 Å². The predicted octanol–water partition coefficient (Wildman–Crippen LogP) is 3.15. The van der Waals surface area contributed by atoms with Crippen molar-refractivity contribution in [2.45, 2.75) is 38.5 Å². The molecule has 1 aliphatic rings. The number of nitrogens with zero attached hydrogens (tertiary/aromatic N) is 1. The van der Waals surface area contributed by atoms with Crippen LogP contribution in [0.1, 0.15) is 33.6 Å². The normalized spacial score (nSPS) is 16.6. The number of benzene rings is 1. The van der Waals surface area contributed by atoms with Gasteiger partial charge in [0.15, 0.2) is 0 Å². The van der Waals surface area contributed by atoms with Crippen molar-refractivity contribution < 1.29 is 13.2 Å². The summed E-state index contributed by atoms with van der Waals surface area (Å²) in [6, 6.07) is 6.78. The molecule has 0 spiro atoms. The third-order valence-corrected chi connectivity index (χ3v) is 6.21. The van der Waals surface area contributed by atoms with Crippen molar-refractivity contribution in [1.82, 2.24) is 9.62 Å². The number of piperidine rings is 1. The average molecular weight is 391 g/mol. The molecule has 1 aliphatic heterocycles. The molecule has 0 bridgehead atoms. The molecule has 5 nitrogen and oxygen atoms in total. The second-order valence-corrected chi connectivity index (χ2v) is 8.77. The second-order valence-electron chi connectivity index (χ2n) is 6.83. The number of sulfonamides is 1. The Bertz CT molecular complexity index is 597. The van der Waals surface area contributed by atoms with Crippen molar-refractivity contribution in [1.29, 1.82) is 0 Å². The largest absolute Gasteiger partial charge is 0.493 e. The number of hydrogen-bond donors (Lipinski definition) is 1. The molecule has 1 saturated heterocycles. The molecule has 1 heterocycles. The third kappa shape index (κ3) is 6.44. The van der Waals surface area contributed by atoms with Gasteiger partial charge in [0.1, 0.15) is 5.75 Å². The van der Waals surface area contributed by atoms with E-state index < -0.39 is 10.0 Å².